The van der Waals surface area contributed by atoms with Gasteiger partial charge in [0, 0.05) is 12.8 Å². The molecule has 1 aliphatic heterocycles. The third-order valence-electron chi connectivity index (χ3n) is 4.35. The number of hydrogen-bond donors (Lipinski definition) is 0. The Hall–Kier alpha value is -3.09. The van der Waals surface area contributed by atoms with Crippen LogP contribution >= 0.6 is 0 Å². The van der Waals surface area contributed by atoms with Crippen LogP contribution in [0.25, 0.3) is 11.6 Å². The lowest BCUT2D eigenvalue weighted by Gasteiger charge is -2.39. The van der Waals surface area contributed by atoms with E-state index in [1.54, 1.807) is 23.3 Å². The molecule has 0 atom stereocenters. The average molecular weight is 353 g/mol. The molecule has 1 amide bonds. The second-order valence-corrected chi connectivity index (χ2v) is 6.29. The van der Waals surface area contributed by atoms with Crippen molar-refractivity contribution in [3.8, 4) is 17.3 Å². The molecule has 26 heavy (non-hydrogen) atoms. The van der Waals surface area contributed by atoms with Crippen LogP contribution in [0.1, 0.15) is 17.9 Å². The minimum atomic E-state index is 0.0500. The molecule has 0 radical (unpaired) electrons. The van der Waals surface area contributed by atoms with Crippen molar-refractivity contribution in [2.24, 2.45) is 0 Å². The van der Waals surface area contributed by atoms with Crippen LogP contribution in [0.4, 0.5) is 0 Å². The zero-order chi connectivity index (χ0) is 17.9. The molecule has 0 bridgehead atoms. The number of ether oxygens (including phenoxy) is 1. The predicted molar refractivity (Wildman–Crippen MR) is 92.5 cm³/mol. The summed E-state index contributed by atoms with van der Waals surface area (Å²) in [7, 11) is 0. The van der Waals surface area contributed by atoms with Crippen molar-refractivity contribution < 1.29 is 18.5 Å². The molecule has 1 aromatic carbocycles. The number of benzene rings is 1. The molecule has 7 heteroatoms. The number of furan rings is 1. The van der Waals surface area contributed by atoms with E-state index < -0.39 is 0 Å². The molecule has 3 heterocycles. The highest BCUT2D eigenvalue weighted by atomic mass is 16.5. The van der Waals surface area contributed by atoms with Gasteiger partial charge in [-0.1, -0.05) is 23.4 Å². The summed E-state index contributed by atoms with van der Waals surface area (Å²) in [5, 5.41) is 3.86. The summed E-state index contributed by atoms with van der Waals surface area (Å²) in [6.45, 7) is 3.22. The summed E-state index contributed by atoms with van der Waals surface area (Å²) in [4.78, 5) is 18.3. The molecule has 2 aromatic heterocycles. The molecular formula is C19H19N3O4. The molecule has 1 saturated heterocycles. The highest BCUT2D eigenvalue weighted by molar-refractivity contribution is 5.77. The van der Waals surface area contributed by atoms with E-state index in [9.17, 15) is 4.79 Å². The van der Waals surface area contributed by atoms with E-state index in [4.69, 9.17) is 13.7 Å². The fraction of sp³-hybridized carbons (Fsp3) is 0.316. The third kappa shape index (κ3) is 3.46. The first-order valence-electron chi connectivity index (χ1n) is 8.55. The van der Waals surface area contributed by atoms with Crippen LogP contribution in [0.3, 0.4) is 0 Å². The van der Waals surface area contributed by atoms with Gasteiger partial charge in [-0.25, -0.2) is 0 Å². The number of carbonyl (C=O) groups excluding carboxylic acids is 1. The Bertz CT molecular complexity index is 882. The van der Waals surface area contributed by atoms with E-state index in [-0.39, 0.29) is 12.0 Å². The second-order valence-electron chi connectivity index (χ2n) is 6.29. The van der Waals surface area contributed by atoms with Gasteiger partial charge in [0.1, 0.15) is 11.9 Å². The lowest BCUT2D eigenvalue weighted by Crippen LogP contribution is -2.56. The van der Waals surface area contributed by atoms with Crippen molar-refractivity contribution in [3.63, 3.8) is 0 Å². The molecule has 0 unspecified atom stereocenters. The molecule has 0 saturated carbocycles. The first-order valence-corrected chi connectivity index (χ1v) is 8.55. The van der Waals surface area contributed by atoms with Crippen LogP contribution in [0, 0.1) is 6.92 Å². The Balaban J connectivity index is 1.23. The van der Waals surface area contributed by atoms with Gasteiger partial charge in [0.25, 0.3) is 0 Å². The highest BCUT2D eigenvalue weighted by Gasteiger charge is 2.32. The normalized spacial score (nSPS) is 14.3. The second kappa shape index (κ2) is 7.03. The summed E-state index contributed by atoms with van der Waals surface area (Å²) in [5.41, 5.74) is 1.10. The SMILES string of the molecule is Cc1ccccc1OC1CN(C(=O)CCc2nc(-c3ccco3)no2)C1. The molecule has 3 aromatic rings. The van der Waals surface area contributed by atoms with E-state index in [0.717, 1.165) is 11.3 Å². The molecule has 4 rings (SSSR count). The van der Waals surface area contributed by atoms with Crippen molar-refractivity contribution in [1.82, 2.24) is 15.0 Å². The zero-order valence-electron chi connectivity index (χ0n) is 14.4. The van der Waals surface area contributed by atoms with E-state index in [1.165, 1.54) is 0 Å². The number of rotatable bonds is 6. The molecule has 134 valence electrons. The van der Waals surface area contributed by atoms with Crippen LogP contribution in [0.2, 0.25) is 0 Å². The van der Waals surface area contributed by atoms with Crippen molar-refractivity contribution >= 4 is 5.91 Å². The lowest BCUT2D eigenvalue weighted by atomic mass is 10.1. The number of aromatic nitrogens is 2. The Morgan fingerprint density at radius 2 is 2.12 bits per heavy atom. The Morgan fingerprint density at radius 3 is 2.88 bits per heavy atom. The number of hydrogen-bond acceptors (Lipinski definition) is 6. The van der Waals surface area contributed by atoms with Gasteiger partial charge in [0.05, 0.1) is 19.4 Å². The number of aryl methyl sites for hydroxylation is 2. The maximum Gasteiger partial charge on any atom is 0.238 e. The van der Waals surface area contributed by atoms with E-state index in [0.29, 0.717) is 43.4 Å². The number of likely N-dealkylation sites (tertiary alicyclic amines) is 1. The highest BCUT2D eigenvalue weighted by Crippen LogP contribution is 2.22. The van der Waals surface area contributed by atoms with E-state index >= 15 is 0 Å². The van der Waals surface area contributed by atoms with Gasteiger partial charge >= 0.3 is 0 Å². The summed E-state index contributed by atoms with van der Waals surface area (Å²) >= 11 is 0. The van der Waals surface area contributed by atoms with Crippen LogP contribution in [-0.4, -0.2) is 40.1 Å². The number of amides is 1. The molecule has 0 spiro atoms. The lowest BCUT2D eigenvalue weighted by molar-refractivity contribution is -0.140. The van der Waals surface area contributed by atoms with Gasteiger partial charge in [-0.2, -0.15) is 4.98 Å². The van der Waals surface area contributed by atoms with Crippen LogP contribution in [0.5, 0.6) is 5.75 Å². The Morgan fingerprint density at radius 1 is 1.27 bits per heavy atom. The zero-order valence-corrected chi connectivity index (χ0v) is 14.4. The van der Waals surface area contributed by atoms with E-state index in [2.05, 4.69) is 10.1 Å². The van der Waals surface area contributed by atoms with Crippen molar-refractivity contribution in [1.29, 1.82) is 0 Å². The molecule has 7 nitrogen and oxygen atoms in total. The average Bonchev–Trinajstić information content (AvgIpc) is 3.28. The van der Waals surface area contributed by atoms with Gasteiger partial charge < -0.3 is 18.6 Å². The summed E-state index contributed by atoms with van der Waals surface area (Å²) in [6, 6.07) is 11.4. The first-order chi connectivity index (χ1) is 12.7. The van der Waals surface area contributed by atoms with Crippen molar-refractivity contribution in [2.75, 3.05) is 13.1 Å². The van der Waals surface area contributed by atoms with Crippen LogP contribution in [0.15, 0.2) is 51.6 Å². The van der Waals surface area contributed by atoms with Crippen LogP contribution < -0.4 is 4.74 Å². The van der Waals surface area contributed by atoms with Gasteiger partial charge in [-0.15, -0.1) is 0 Å². The number of nitrogens with zero attached hydrogens (tertiary/aromatic N) is 3. The predicted octanol–water partition coefficient (Wildman–Crippen LogP) is 2.86. The van der Waals surface area contributed by atoms with Gasteiger partial charge in [-0.05, 0) is 30.7 Å². The van der Waals surface area contributed by atoms with Gasteiger partial charge in [0.15, 0.2) is 5.76 Å². The topological polar surface area (TPSA) is 81.6 Å². The first kappa shape index (κ1) is 16.4. The summed E-state index contributed by atoms with van der Waals surface area (Å²) in [6.07, 6.45) is 2.34. The fourth-order valence-electron chi connectivity index (χ4n) is 2.82. The van der Waals surface area contributed by atoms with E-state index in [1.807, 2.05) is 31.2 Å². The number of para-hydroxylation sites is 1. The Kier molecular flexibility index (Phi) is 4.43. The van der Waals surface area contributed by atoms with Crippen LogP contribution in [-0.2, 0) is 11.2 Å². The summed E-state index contributed by atoms with van der Waals surface area (Å²) < 4.78 is 16.3. The van der Waals surface area contributed by atoms with Gasteiger partial charge in [0.2, 0.25) is 17.6 Å². The molecule has 0 aliphatic carbocycles. The van der Waals surface area contributed by atoms with Crippen molar-refractivity contribution in [3.05, 3.63) is 54.1 Å². The largest absolute Gasteiger partial charge is 0.486 e. The monoisotopic (exact) mass is 353 g/mol. The van der Waals surface area contributed by atoms with Crippen molar-refractivity contribution in [2.45, 2.75) is 25.9 Å². The van der Waals surface area contributed by atoms with Gasteiger partial charge in [-0.3, -0.25) is 4.79 Å². The summed E-state index contributed by atoms with van der Waals surface area (Å²) in [5.74, 6) is 2.31. The minimum Gasteiger partial charge on any atom is -0.486 e. The maximum atomic E-state index is 12.3. The number of carbonyl (C=O) groups is 1. The molecular weight excluding hydrogens is 334 g/mol. The Labute approximate surface area is 150 Å². The third-order valence-corrected chi connectivity index (χ3v) is 4.35. The molecule has 0 N–H and O–H groups in total. The quantitative estimate of drug-likeness (QED) is 0.678. The maximum absolute atomic E-state index is 12.3. The molecule has 1 aliphatic rings. The smallest absolute Gasteiger partial charge is 0.238 e. The molecule has 1 fully saturated rings. The minimum absolute atomic E-state index is 0.0500. The standard InChI is InChI=1S/C19H19N3O4/c1-13-5-2-3-6-15(13)25-14-11-22(12-14)18(23)9-8-17-20-19(21-26-17)16-7-4-10-24-16/h2-7,10,14H,8-9,11-12H2,1H3. The fourth-order valence-corrected chi connectivity index (χ4v) is 2.82.